The number of fused-ring (bicyclic) bond motifs is 2. The summed E-state index contributed by atoms with van der Waals surface area (Å²) in [6.07, 6.45) is 0.856. The van der Waals surface area contributed by atoms with Crippen molar-refractivity contribution in [1.29, 1.82) is 0 Å². The van der Waals surface area contributed by atoms with Gasteiger partial charge in [-0.3, -0.25) is 14.2 Å². The molecule has 5 nitrogen and oxygen atoms in total. The van der Waals surface area contributed by atoms with Crippen LogP contribution in [0.5, 0.6) is 0 Å². The molecule has 5 rings (SSSR count). The van der Waals surface area contributed by atoms with Gasteiger partial charge in [0, 0.05) is 17.3 Å². The molecule has 0 fully saturated rings. The predicted molar refractivity (Wildman–Crippen MR) is 134 cm³/mol. The lowest BCUT2D eigenvalue weighted by Crippen LogP contribution is -2.35. The van der Waals surface area contributed by atoms with Crippen LogP contribution in [0, 0.1) is 0 Å². The van der Waals surface area contributed by atoms with Gasteiger partial charge in [0.2, 0.25) is 5.91 Å². The van der Waals surface area contributed by atoms with E-state index in [2.05, 4.69) is 6.07 Å². The van der Waals surface area contributed by atoms with E-state index in [-0.39, 0.29) is 11.5 Å². The van der Waals surface area contributed by atoms with E-state index in [1.807, 2.05) is 60.4 Å². The van der Waals surface area contributed by atoms with E-state index in [1.54, 1.807) is 22.8 Å². The molecule has 0 bridgehead atoms. The summed E-state index contributed by atoms with van der Waals surface area (Å²) < 4.78 is 1.65. The number of halogens is 1. The number of thioether (sulfide) groups is 1. The zero-order valence-electron chi connectivity index (χ0n) is 18.1. The van der Waals surface area contributed by atoms with Gasteiger partial charge in [-0.1, -0.05) is 65.8 Å². The van der Waals surface area contributed by atoms with Crippen LogP contribution in [0.25, 0.3) is 10.9 Å². The van der Waals surface area contributed by atoms with Gasteiger partial charge >= 0.3 is 0 Å². The van der Waals surface area contributed by atoms with Gasteiger partial charge in [-0.15, -0.1) is 0 Å². The number of carbonyl (C=O) groups is 1. The van der Waals surface area contributed by atoms with E-state index in [0.29, 0.717) is 34.2 Å². The number of hydrogen-bond acceptors (Lipinski definition) is 4. The highest BCUT2D eigenvalue weighted by atomic mass is 35.5. The van der Waals surface area contributed by atoms with Crippen LogP contribution in [0.1, 0.15) is 18.1 Å². The average molecular weight is 476 g/mol. The smallest absolute Gasteiger partial charge is 0.262 e. The molecule has 1 amide bonds. The first-order chi connectivity index (χ1) is 16.0. The number of rotatable bonds is 5. The summed E-state index contributed by atoms with van der Waals surface area (Å²) in [5, 5.41) is 1.33. The Hall–Kier alpha value is -3.09. The monoisotopic (exact) mass is 475 g/mol. The van der Waals surface area contributed by atoms with Crippen molar-refractivity contribution in [3.8, 4) is 0 Å². The number of aromatic nitrogens is 2. The molecule has 1 aliphatic rings. The summed E-state index contributed by atoms with van der Waals surface area (Å²) >= 11 is 7.36. The van der Waals surface area contributed by atoms with Crippen molar-refractivity contribution in [2.45, 2.75) is 30.3 Å². The molecular weight excluding hydrogens is 454 g/mol. The Balaban J connectivity index is 1.49. The second-order valence-electron chi connectivity index (χ2n) is 8.06. The first kappa shape index (κ1) is 21.7. The Morgan fingerprint density at radius 3 is 2.61 bits per heavy atom. The van der Waals surface area contributed by atoms with Crippen molar-refractivity contribution in [3.63, 3.8) is 0 Å². The normalized spacial score (nSPS) is 13.8. The standard InChI is InChI=1S/C26H22ClN3O2S/c1-17(24(31)29-15-14-19-6-2-5-9-23(19)29)33-26-28-22-8-4-3-7-21(22)25(32)30(26)16-18-10-12-20(27)13-11-18/h2-13,17H,14-16H2,1H3/t17-/m1/s1. The molecule has 0 saturated carbocycles. The van der Waals surface area contributed by atoms with E-state index < -0.39 is 5.25 Å². The van der Waals surface area contributed by atoms with Crippen LogP contribution in [0.4, 0.5) is 5.69 Å². The summed E-state index contributed by atoms with van der Waals surface area (Å²) in [6, 6.07) is 22.7. The molecule has 0 aliphatic carbocycles. The van der Waals surface area contributed by atoms with E-state index in [0.717, 1.165) is 17.7 Å². The van der Waals surface area contributed by atoms with Gasteiger partial charge in [0.05, 0.1) is 22.7 Å². The third-order valence-corrected chi connectivity index (χ3v) is 7.19. The third kappa shape index (κ3) is 4.28. The zero-order valence-corrected chi connectivity index (χ0v) is 19.6. The quantitative estimate of drug-likeness (QED) is 0.295. The van der Waals surface area contributed by atoms with Crippen molar-refractivity contribution in [2.75, 3.05) is 11.4 Å². The van der Waals surface area contributed by atoms with Gasteiger partial charge in [-0.05, 0) is 54.8 Å². The van der Waals surface area contributed by atoms with Crippen molar-refractivity contribution >= 4 is 45.9 Å². The second kappa shape index (κ2) is 9.04. The molecule has 1 aliphatic heterocycles. The molecule has 0 N–H and O–H groups in total. The van der Waals surface area contributed by atoms with Crippen LogP contribution in [0.3, 0.4) is 0 Å². The van der Waals surface area contributed by atoms with E-state index >= 15 is 0 Å². The summed E-state index contributed by atoms with van der Waals surface area (Å²) in [7, 11) is 0. The highest BCUT2D eigenvalue weighted by molar-refractivity contribution is 8.00. The number of anilines is 1. The van der Waals surface area contributed by atoms with Gasteiger partial charge in [-0.2, -0.15) is 0 Å². The number of amides is 1. The SMILES string of the molecule is C[C@@H](Sc1nc2ccccc2c(=O)n1Cc1ccc(Cl)cc1)C(=O)N1CCc2ccccc21. The first-order valence-electron chi connectivity index (χ1n) is 10.8. The predicted octanol–water partition coefficient (Wildman–Crippen LogP) is 5.17. The summed E-state index contributed by atoms with van der Waals surface area (Å²) in [5.74, 6) is 0.0189. The first-order valence-corrected chi connectivity index (χ1v) is 12.1. The van der Waals surface area contributed by atoms with Crippen molar-refractivity contribution in [1.82, 2.24) is 9.55 Å². The number of carbonyl (C=O) groups excluding carboxylic acids is 1. The molecule has 166 valence electrons. The third-order valence-electron chi connectivity index (χ3n) is 5.86. The van der Waals surface area contributed by atoms with Crippen molar-refractivity contribution in [2.24, 2.45) is 0 Å². The highest BCUT2D eigenvalue weighted by Crippen LogP contribution is 2.31. The fourth-order valence-electron chi connectivity index (χ4n) is 4.14. The van der Waals surface area contributed by atoms with Crippen LogP contribution >= 0.6 is 23.4 Å². The number of hydrogen-bond donors (Lipinski definition) is 0. The lowest BCUT2D eigenvalue weighted by atomic mass is 10.2. The molecule has 4 aromatic rings. The molecule has 0 unspecified atom stereocenters. The minimum Gasteiger partial charge on any atom is -0.311 e. The van der Waals surface area contributed by atoms with E-state index in [9.17, 15) is 9.59 Å². The number of nitrogens with zero attached hydrogens (tertiary/aromatic N) is 3. The molecule has 1 atom stereocenters. The van der Waals surface area contributed by atoms with Gasteiger partial charge in [-0.25, -0.2) is 4.98 Å². The highest BCUT2D eigenvalue weighted by Gasteiger charge is 2.29. The molecule has 1 aromatic heterocycles. The topological polar surface area (TPSA) is 55.2 Å². The van der Waals surface area contributed by atoms with Gasteiger partial charge in [0.25, 0.3) is 5.56 Å². The van der Waals surface area contributed by atoms with E-state index in [1.165, 1.54) is 17.3 Å². The van der Waals surface area contributed by atoms with Crippen LogP contribution in [0.2, 0.25) is 5.02 Å². The second-order valence-corrected chi connectivity index (χ2v) is 9.80. The lowest BCUT2D eigenvalue weighted by molar-refractivity contribution is -0.117. The fraction of sp³-hybridized carbons (Fsp3) is 0.192. The van der Waals surface area contributed by atoms with Crippen molar-refractivity contribution in [3.05, 3.63) is 99.3 Å². The van der Waals surface area contributed by atoms with Gasteiger partial charge < -0.3 is 4.90 Å². The zero-order chi connectivity index (χ0) is 22.9. The Kier molecular flexibility index (Phi) is 5.96. The molecule has 3 aromatic carbocycles. The average Bonchev–Trinajstić information content (AvgIpc) is 3.26. The molecule has 0 radical (unpaired) electrons. The maximum absolute atomic E-state index is 13.4. The maximum atomic E-state index is 13.4. The van der Waals surface area contributed by atoms with Crippen LogP contribution in [0.15, 0.2) is 82.7 Å². The Labute approximate surface area is 201 Å². The van der Waals surface area contributed by atoms with Crippen LogP contribution in [-0.2, 0) is 17.8 Å². The summed E-state index contributed by atoms with van der Waals surface area (Å²) in [6.45, 7) is 2.90. The molecule has 7 heteroatoms. The summed E-state index contributed by atoms with van der Waals surface area (Å²) in [5.41, 5.74) is 3.60. The molecule has 33 heavy (non-hydrogen) atoms. The van der Waals surface area contributed by atoms with Gasteiger partial charge in [0.1, 0.15) is 0 Å². The Morgan fingerprint density at radius 1 is 1.06 bits per heavy atom. The molecule has 0 spiro atoms. The largest absolute Gasteiger partial charge is 0.311 e. The minimum atomic E-state index is -0.402. The maximum Gasteiger partial charge on any atom is 0.262 e. The minimum absolute atomic E-state index is 0.0189. The van der Waals surface area contributed by atoms with Crippen molar-refractivity contribution < 1.29 is 4.79 Å². The molecular formula is C26H22ClN3O2S. The lowest BCUT2D eigenvalue weighted by Gasteiger charge is -2.22. The fourth-order valence-corrected chi connectivity index (χ4v) is 5.24. The number of para-hydroxylation sites is 2. The van der Waals surface area contributed by atoms with Crippen LogP contribution in [-0.4, -0.2) is 27.3 Å². The Bertz CT molecular complexity index is 1400. The van der Waals surface area contributed by atoms with E-state index in [4.69, 9.17) is 16.6 Å². The Morgan fingerprint density at radius 2 is 1.79 bits per heavy atom. The number of benzene rings is 3. The molecule has 2 heterocycles. The van der Waals surface area contributed by atoms with Crippen LogP contribution < -0.4 is 10.5 Å². The summed E-state index contributed by atoms with van der Waals surface area (Å²) in [4.78, 5) is 33.3. The molecule has 0 saturated heterocycles. The van der Waals surface area contributed by atoms with Gasteiger partial charge in [0.15, 0.2) is 5.16 Å².